The minimum atomic E-state index is -1.02. The summed E-state index contributed by atoms with van der Waals surface area (Å²) in [6.07, 6.45) is 0.738. The summed E-state index contributed by atoms with van der Waals surface area (Å²) in [6, 6.07) is 10.1. The molecule has 2 aromatic rings. The van der Waals surface area contributed by atoms with Crippen molar-refractivity contribution in [3.05, 3.63) is 63.4 Å². The molecule has 154 valence electrons. The zero-order valence-corrected chi connectivity index (χ0v) is 19.0. The number of Topliss-reactive ketones (excluding diaryl/α,β-unsaturated/α-hetero) is 1. The molecule has 4 heteroatoms. The van der Waals surface area contributed by atoms with Crippen LogP contribution >= 0.6 is 11.6 Å². The van der Waals surface area contributed by atoms with Crippen molar-refractivity contribution in [1.82, 2.24) is 0 Å². The molecule has 0 atom stereocenters. The van der Waals surface area contributed by atoms with Gasteiger partial charge >= 0.3 is 0 Å². The van der Waals surface area contributed by atoms with Gasteiger partial charge in [0.15, 0.2) is 5.78 Å². The molecule has 0 radical (unpaired) electrons. The highest BCUT2D eigenvalue weighted by molar-refractivity contribution is 6.34. The molecule has 0 unspecified atom stereocenters. The van der Waals surface area contributed by atoms with Crippen LogP contribution in [0.15, 0.2) is 36.1 Å². The minimum Gasteiger partial charge on any atom is -0.508 e. The lowest BCUT2D eigenvalue weighted by atomic mass is 9.80. The Labute approximate surface area is 178 Å². The molecule has 0 saturated heterocycles. The van der Waals surface area contributed by atoms with Crippen molar-refractivity contribution in [2.75, 3.05) is 0 Å². The summed E-state index contributed by atoms with van der Waals surface area (Å²) in [6.45, 7) is 13.1. The number of rotatable bonds is 3. The van der Waals surface area contributed by atoms with Gasteiger partial charge in [-0.1, -0.05) is 42.8 Å². The fourth-order valence-electron chi connectivity index (χ4n) is 3.98. The molecular weight excluding hydrogens is 384 g/mol. The molecule has 0 spiro atoms. The highest BCUT2D eigenvalue weighted by atomic mass is 35.5. The lowest BCUT2D eigenvalue weighted by molar-refractivity contribution is -0.158. The van der Waals surface area contributed by atoms with Gasteiger partial charge in [-0.25, -0.2) is 0 Å². The van der Waals surface area contributed by atoms with Gasteiger partial charge in [-0.05, 0) is 81.8 Å². The fourth-order valence-corrected chi connectivity index (χ4v) is 4.30. The van der Waals surface area contributed by atoms with Crippen LogP contribution in [0, 0.1) is 13.8 Å². The van der Waals surface area contributed by atoms with Crippen LogP contribution in [0.5, 0.6) is 0 Å². The summed E-state index contributed by atoms with van der Waals surface area (Å²) < 4.78 is 5.90. The van der Waals surface area contributed by atoms with Gasteiger partial charge in [0.25, 0.3) is 0 Å². The summed E-state index contributed by atoms with van der Waals surface area (Å²) in [4.78, 5) is 13.3. The number of aliphatic hydroxyl groups is 1. The third-order valence-electron chi connectivity index (χ3n) is 5.82. The highest BCUT2D eigenvalue weighted by Crippen LogP contribution is 2.42. The van der Waals surface area contributed by atoms with E-state index in [4.69, 9.17) is 16.3 Å². The number of aryl methyl sites for hydroxylation is 2. The molecule has 0 aliphatic carbocycles. The number of benzene rings is 2. The van der Waals surface area contributed by atoms with Gasteiger partial charge in [0.2, 0.25) is 0 Å². The van der Waals surface area contributed by atoms with Gasteiger partial charge in [-0.2, -0.15) is 0 Å². The van der Waals surface area contributed by atoms with Gasteiger partial charge in [-0.3, -0.25) is 4.79 Å². The highest BCUT2D eigenvalue weighted by Gasteiger charge is 2.47. The molecule has 1 heterocycles. The van der Waals surface area contributed by atoms with Gasteiger partial charge in [0.05, 0.1) is 10.6 Å². The molecule has 0 aromatic heterocycles. The van der Waals surface area contributed by atoms with Gasteiger partial charge in [0, 0.05) is 5.56 Å². The second-order valence-electron chi connectivity index (χ2n) is 8.77. The molecule has 0 amide bonds. The van der Waals surface area contributed by atoms with Crippen molar-refractivity contribution in [2.45, 2.75) is 66.1 Å². The third-order valence-corrected chi connectivity index (χ3v) is 6.31. The largest absolute Gasteiger partial charge is 0.508 e. The summed E-state index contributed by atoms with van der Waals surface area (Å²) in [7, 11) is 0. The lowest BCUT2D eigenvalue weighted by Gasteiger charge is -2.40. The topological polar surface area (TPSA) is 46.5 Å². The van der Waals surface area contributed by atoms with Crippen molar-refractivity contribution >= 4 is 23.0 Å². The number of ketones is 1. The summed E-state index contributed by atoms with van der Waals surface area (Å²) in [5.74, 6) is -0.243. The Balaban J connectivity index is 2.29. The first-order valence-electron chi connectivity index (χ1n) is 9.98. The molecule has 0 saturated carbocycles. The van der Waals surface area contributed by atoms with Crippen molar-refractivity contribution in [3.63, 3.8) is 0 Å². The Morgan fingerprint density at radius 2 is 1.66 bits per heavy atom. The quantitative estimate of drug-likeness (QED) is 0.616. The van der Waals surface area contributed by atoms with E-state index in [1.165, 1.54) is 0 Å². The predicted molar refractivity (Wildman–Crippen MR) is 120 cm³/mol. The maximum absolute atomic E-state index is 13.3. The molecule has 0 fully saturated rings. The van der Waals surface area contributed by atoms with Gasteiger partial charge in [-0.15, -0.1) is 0 Å². The van der Waals surface area contributed by atoms with Crippen molar-refractivity contribution in [2.24, 2.45) is 0 Å². The van der Waals surface area contributed by atoms with Crippen molar-refractivity contribution in [1.29, 1.82) is 0 Å². The van der Waals surface area contributed by atoms with E-state index in [1.54, 1.807) is 27.7 Å². The van der Waals surface area contributed by atoms with Crippen LogP contribution in [0.25, 0.3) is 16.7 Å². The van der Waals surface area contributed by atoms with Crippen LogP contribution in [0.2, 0.25) is 5.02 Å². The Kier molecular flexibility index (Phi) is 5.44. The van der Waals surface area contributed by atoms with E-state index in [9.17, 15) is 9.90 Å². The monoisotopic (exact) mass is 412 g/mol. The molecule has 1 aliphatic rings. The number of halogens is 1. The number of ether oxygens (including phenoxy) is 1. The van der Waals surface area contributed by atoms with Gasteiger partial charge < -0.3 is 9.84 Å². The molecule has 0 bridgehead atoms. The van der Waals surface area contributed by atoms with Crippen LogP contribution in [0.1, 0.15) is 56.9 Å². The molecule has 1 aliphatic heterocycles. The number of aliphatic hydroxyl groups excluding tert-OH is 1. The summed E-state index contributed by atoms with van der Waals surface area (Å²) in [5, 5.41) is 11.7. The van der Waals surface area contributed by atoms with Crippen LogP contribution in [0.4, 0.5) is 0 Å². The Morgan fingerprint density at radius 1 is 1.00 bits per heavy atom. The van der Waals surface area contributed by atoms with Crippen LogP contribution in [0.3, 0.4) is 0 Å². The average Bonchev–Trinajstić information content (AvgIpc) is 2.64. The second kappa shape index (κ2) is 7.30. The fraction of sp³-hybridized carbons (Fsp3) is 0.400. The minimum absolute atomic E-state index is 0.0279. The summed E-state index contributed by atoms with van der Waals surface area (Å²) >= 11 is 6.64. The third kappa shape index (κ3) is 3.62. The molecule has 3 rings (SSSR count). The second-order valence-corrected chi connectivity index (χ2v) is 9.15. The van der Waals surface area contributed by atoms with Crippen LogP contribution in [-0.4, -0.2) is 22.1 Å². The molecule has 29 heavy (non-hydrogen) atoms. The predicted octanol–water partition coefficient (Wildman–Crippen LogP) is 6.61. The standard InChI is InChI=1S/C25H29ClO3/c1-8-16-10-11-17(18-12-9-14(2)15(3)21(18)26)13-19(16)20-22(27)24(4,5)29-25(6,7)23(20)28/h9-13,27H,8H2,1-7H3. The maximum Gasteiger partial charge on any atom is 0.198 e. The zero-order valence-electron chi connectivity index (χ0n) is 18.2. The van der Waals surface area contributed by atoms with Crippen LogP contribution < -0.4 is 0 Å². The Hall–Kier alpha value is -2.10. The molecule has 3 nitrogen and oxygen atoms in total. The van der Waals surface area contributed by atoms with E-state index in [2.05, 4.69) is 0 Å². The van der Waals surface area contributed by atoms with Crippen molar-refractivity contribution < 1.29 is 14.6 Å². The van der Waals surface area contributed by atoms with E-state index in [0.29, 0.717) is 10.6 Å². The average molecular weight is 413 g/mol. The first-order valence-corrected chi connectivity index (χ1v) is 10.4. The number of hydrogen-bond donors (Lipinski definition) is 1. The number of hydrogen-bond acceptors (Lipinski definition) is 3. The van der Waals surface area contributed by atoms with Gasteiger partial charge in [0.1, 0.15) is 17.0 Å². The van der Waals surface area contributed by atoms with Crippen LogP contribution in [-0.2, 0) is 16.0 Å². The van der Waals surface area contributed by atoms with E-state index in [0.717, 1.165) is 39.8 Å². The first-order chi connectivity index (χ1) is 13.4. The normalized spacial score (nSPS) is 18.3. The van der Waals surface area contributed by atoms with E-state index in [-0.39, 0.29) is 11.5 Å². The SMILES string of the molecule is CCc1ccc(-c2ccc(C)c(C)c2Cl)cc1C1=C(O)C(C)(C)OC(C)(C)C1=O. The molecule has 2 aromatic carbocycles. The number of carbonyl (C=O) groups is 1. The van der Waals surface area contributed by atoms with Crippen molar-refractivity contribution in [3.8, 4) is 11.1 Å². The van der Waals surface area contributed by atoms with E-state index < -0.39 is 11.2 Å². The number of carbonyl (C=O) groups excluding carboxylic acids is 1. The van der Waals surface area contributed by atoms with E-state index in [1.807, 2.05) is 51.1 Å². The zero-order chi connectivity index (χ0) is 21.7. The smallest absolute Gasteiger partial charge is 0.198 e. The Morgan fingerprint density at radius 3 is 2.28 bits per heavy atom. The molecule has 1 N–H and O–H groups in total. The summed E-state index contributed by atoms with van der Waals surface area (Å²) in [5.41, 5.74) is 4.10. The Bertz CT molecular complexity index is 1030. The first kappa shape index (κ1) is 21.6. The maximum atomic E-state index is 13.3. The van der Waals surface area contributed by atoms with E-state index >= 15 is 0 Å². The lowest BCUT2D eigenvalue weighted by Crippen LogP contribution is -2.49. The molecular formula is C25H29ClO3.